The van der Waals surface area contributed by atoms with Crippen molar-refractivity contribution in [2.24, 2.45) is 0 Å². The highest BCUT2D eigenvalue weighted by Crippen LogP contribution is 2.34. The molecule has 6 nitrogen and oxygen atoms in total. The molecule has 0 bridgehead atoms. The predicted octanol–water partition coefficient (Wildman–Crippen LogP) is 3.54. The predicted molar refractivity (Wildman–Crippen MR) is 112 cm³/mol. The number of carbonyl (C=O) groups is 2. The molecule has 0 spiro atoms. The number of aliphatic hydroxyl groups is 1. The molecule has 0 unspecified atom stereocenters. The fourth-order valence-corrected chi connectivity index (χ4v) is 4.56. The van der Waals surface area contributed by atoms with Crippen LogP contribution in [0, 0.1) is 0 Å². The highest BCUT2D eigenvalue weighted by Gasteiger charge is 2.33. The minimum Gasteiger partial charge on any atom is -0.473 e. The number of carboxylic acids is 2. The number of fused-ring (bicyclic) bond motifs is 1. The van der Waals surface area contributed by atoms with E-state index in [1.807, 2.05) is 41.7 Å². The first kappa shape index (κ1) is 21.0. The molecule has 7 heteroatoms. The van der Waals surface area contributed by atoms with Crippen LogP contribution in [0.25, 0.3) is 10.1 Å². The molecule has 1 saturated heterocycles. The van der Waals surface area contributed by atoms with E-state index in [0.29, 0.717) is 0 Å². The van der Waals surface area contributed by atoms with Crippen molar-refractivity contribution in [3.8, 4) is 0 Å². The SMILES string of the molecule is O=C(O)C(=O)O.OC1(c2ccccc2)CCN(Cc2cc3ccccc3s2)CC1. The molecule has 0 radical (unpaired) electrons. The Labute approximate surface area is 172 Å². The first-order chi connectivity index (χ1) is 13.9. The van der Waals surface area contributed by atoms with Crippen molar-refractivity contribution in [3.63, 3.8) is 0 Å². The van der Waals surface area contributed by atoms with Gasteiger partial charge in [-0.05, 0) is 35.9 Å². The summed E-state index contributed by atoms with van der Waals surface area (Å²) in [6.45, 7) is 2.88. The lowest BCUT2D eigenvalue weighted by molar-refractivity contribution is -0.159. The average Bonchev–Trinajstić information content (AvgIpc) is 3.13. The molecule has 1 aliphatic rings. The molecular weight excluding hydrogens is 390 g/mol. The molecule has 4 rings (SSSR count). The molecule has 2 heterocycles. The van der Waals surface area contributed by atoms with Crippen LogP contribution in [-0.2, 0) is 21.7 Å². The summed E-state index contributed by atoms with van der Waals surface area (Å²) in [6, 6.07) is 21.0. The topological polar surface area (TPSA) is 98.1 Å². The minimum absolute atomic E-state index is 0.655. The molecule has 152 valence electrons. The fraction of sp³-hybridized carbons (Fsp3) is 0.273. The van der Waals surface area contributed by atoms with E-state index in [4.69, 9.17) is 19.8 Å². The zero-order valence-corrected chi connectivity index (χ0v) is 16.6. The molecule has 0 atom stereocenters. The Bertz CT molecular complexity index is 932. The highest BCUT2D eigenvalue weighted by atomic mass is 32.1. The van der Waals surface area contributed by atoms with E-state index in [0.717, 1.165) is 38.0 Å². The number of hydrogen-bond acceptors (Lipinski definition) is 5. The number of aliphatic carboxylic acids is 2. The van der Waals surface area contributed by atoms with Crippen LogP contribution in [0.15, 0.2) is 60.7 Å². The second-order valence-electron chi connectivity index (χ2n) is 7.03. The zero-order valence-electron chi connectivity index (χ0n) is 15.8. The van der Waals surface area contributed by atoms with Crippen molar-refractivity contribution >= 4 is 33.4 Å². The monoisotopic (exact) mass is 413 g/mol. The maximum atomic E-state index is 10.9. The summed E-state index contributed by atoms with van der Waals surface area (Å²) in [5, 5.41) is 27.0. The van der Waals surface area contributed by atoms with Crippen molar-refractivity contribution in [2.45, 2.75) is 25.0 Å². The van der Waals surface area contributed by atoms with Gasteiger partial charge in [0.2, 0.25) is 0 Å². The van der Waals surface area contributed by atoms with Gasteiger partial charge in [0.25, 0.3) is 0 Å². The Balaban J connectivity index is 0.000000353. The Hall–Kier alpha value is -2.74. The van der Waals surface area contributed by atoms with E-state index < -0.39 is 17.5 Å². The molecule has 3 aromatic rings. The number of likely N-dealkylation sites (tertiary alicyclic amines) is 1. The molecule has 29 heavy (non-hydrogen) atoms. The van der Waals surface area contributed by atoms with Crippen LogP contribution in [0.1, 0.15) is 23.3 Å². The number of carboxylic acid groups (broad SMARTS) is 2. The molecular formula is C22H23NO5S. The maximum Gasteiger partial charge on any atom is 0.414 e. The Kier molecular flexibility index (Phi) is 6.64. The number of benzene rings is 2. The van der Waals surface area contributed by atoms with Gasteiger partial charge in [-0.3, -0.25) is 4.90 Å². The Morgan fingerprint density at radius 2 is 1.52 bits per heavy atom. The Morgan fingerprint density at radius 1 is 0.931 bits per heavy atom. The van der Waals surface area contributed by atoms with Gasteiger partial charge in [0.1, 0.15) is 0 Å². The van der Waals surface area contributed by atoms with Crippen molar-refractivity contribution in [3.05, 3.63) is 71.1 Å². The summed E-state index contributed by atoms with van der Waals surface area (Å²) in [5.41, 5.74) is 0.402. The number of rotatable bonds is 3. The number of nitrogens with zero attached hydrogens (tertiary/aromatic N) is 1. The van der Waals surface area contributed by atoms with Crippen LogP contribution in [0.5, 0.6) is 0 Å². The van der Waals surface area contributed by atoms with E-state index in [1.54, 1.807) is 0 Å². The zero-order chi connectivity index (χ0) is 20.9. The van der Waals surface area contributed by atoms with Crippen LogP contribution in [0.2, 0.25) is 0 Å². The lowest BCUT2D eigenvalue weighted by atomic mass is 9.84. The van der Waals surface area contributed by atoms with Gasteiger partial charge in [-0.25, -0.2) is 9.59 Å². The van der Waals surface area contributed by atoms with Crippen LogP contribution in [0.4, 0.5) is 0 Å². The number of thiophene rings is 1. The normalized spacial score (nSPS) is 16.0. The molecule has 0 saturated carbocycles. The molecule has 1 aliphatic heterocycles. The Morgan fingerprint density at radius 3 is 2.10 bits per heavy atom. The third-order valence-corrected chi connectivity index (χ3v) is 6.13. The second-order valence-corrected chi connectivity index (χ2v) is 8.20. The van der Waals surface area contributed by atoms with Gasteiger partial charge in [0.15, 0.2) is 0 Å². The molecule has 3 N–H and O–H groups in total. The summed E-state index contributed by atoms with van der Waals surface area (Å²) >= 11 is 1.88. The summed E-state index contributed by atoms with van der Waals surface area (Å²) in [4.78, 5) is 22.1. The van der Waals surface area contributed by atoms with Crippen molar-refractivity contribution in [2.75, 3.05) is 13.1 Å². The van der Waals surface area contributed by atoms with Gasteiger partial charge in [-0.1, -0.05) is 48.5 Å². The van der Waals surface area contributed by atoms with E-state index >= 15 is 0 Å². The van der Waals surface area contributed by atoms with Gasteiger partial charge >= 0.3 is 11.9 Å². The lowest BCUT2D eigenvalue weighted by Crippen LogP contribution is -2.42. The molecule has 0 amide bonds. The molecule has 1 fully saturated rings. The standard InChI is InChI=1S/C20H21NOS.C2H2O4/c22-20(17-7-2-1-3-8-17)10-12-21(13-11-20)15-18-14-16-6-4-5-9-19(16)23-18;3-1(4)2(5)6/h1-9,14,22H,10-13,15H2;(H,3,4)(H,5,6). The van der Waals surface area contributed by atoms with Crippen LogP contribution >= 0.6 is 11.3 Å². The highest BCUT2D eigenvalue weighted by molar-refractivity contribution is 7.19. The summed E-state index contributed by atoms with van der Waals surface area (Å²) in [7, 11) is 0. The summed E-state index contributed by atoms with van der Waals surface area (Å²) in [5.74, 6) is -3.65. The van der Waals surface area contributed by atoms with E-state index in [1.165, 1.54) is 15.0 Å². The van der Waals surface area contributed by atoms with E-state index in [2.05, 4.69) is 35.2 Å². The maximum absolute atomic E-state index is 10.9. The summed E-state index contributed by atoms with van der Waals surface area (Å²) < 4.78 is 1.36. The summed E-state index contributed by atoms with van der Waals surface area (Å²) in [6.07, 6.45) is 1.61. The number of piperidine rings is 1. The van der Waals surface area contributed by atoms with Crippen molar-refractivity contribution < 1.29 is 24.9 Å². The molecule has 1 aromatic heterocycles. The van der Waals surface area contributed by atoms with Gasteiger partial charge in [-0.2, -0.15) is 0 Å². The largest absolute Gasteiger partial charge is 0.473 e. The third kappa shape index (κ3) is 5.41. The molecule has 2 aromatic carbocycles. The first-order valence-corrected chi connectivity index (χ1v) is 10.1. The fourth-order valence-electron chi connectivity index (χ4n) is 3.45. The van der Waals surface area contributed by atoms with Gasteiger partial charge in [0, 0.05) is 29.2 Å². The van der Waals surface area contributed by atoms with Crippen molar-refractivity contribution in [1.29, 1.82) is 0 Å². The van der Waals surface area contributed by atoms with Crippen LogP contribution < -0.4 is 0 Å². The van der Waals surface area contributed by atoms with E-state index in [9.17, 15) is 5.11 Å². The average molecular weight is 413 g/mol. The third-order valence-electron chi connectivity index (χ3n) is 5.03. The van der Waals surface area contributed by atoms with Crippen LogP contribution in [0.3, 0.4) is 0 Å². The van der Waals surface area contributed by atoms with Crippen molar-refractivity contribution in [1.82, 2.24) is 4.90 Å². The smallest absolute Gasteiger partial charge is 0.414 e. The second kappa shape index (κ2) is 9.17. The van der Waals surface area contributed by atoms with E-state index in [-0.39, 0.29) is 0 Å². The van der Waals surface area contributed by atoms with Gasteiger partial charge in [0.05, 0.1) is 5.60 Å². The van der Waals surface area contributed by atoms with Gasteiger partial charge < -0.3 is 15.3 Å². The minimum atomic E-state index is -1.82. The van der Waals surface area contributed by atoms with Crippen LogP contribution in [-0.4, -0.2) is 45.2 Å². The number of hydrogen-bond donors (Lipinski definition) is 3. The lowest BCUT2D eigenvalue weighted by Gasteiger charge is -2.38. The van der Waals surface area contributed by atoms with Gasteiger partial charge in [-0.15, -0.1) is 11.3 Å². The first-order valence-electron chi connectivity index (χ1n) is 9.31. The quantitative estimate of drug-likeness (QED) is 0.568. The molecule has 0 aliphatic carbocycles.